The molecule has 0 N–H and O–H groups in total. The van der Waals surface area contributed by atoms with Gasteiger partial charge in [-0.1, -0.05) is 22.0 Å². The Balaban J connectivity index is 2.81. The zero-order valence-electron chi connectivity index (χ0n) is 10.9. The first kappa shape index (κ1) is 19.9. The zero-order chi connectivity index (χ0) is 18.1. The minimum atomic E-state index is -6.88. The smallest absolute Gasteiger partial charge is 0.460 e. The van der Waals surface area contributed by atoms with Crippen LogP contribution in [0.5, 0.6) is 5.75 Å². The van der Waals surface area contributed by atoms with Gasteiger partial charge >= 0.3 is 23.9 Å². The summed E-state index contributed by atoms with van der Waals surface area (Å²) in [5, 5.41) is 0. The summed E-state index contributed by atoms with van der Waals surface area (Å²) >= 11 is 3.00. The van der Waals surface area contributed by atoms with Gasteiger partial charge in [0.1, 0.15) is 5.75 Å². The summed E-state index contributed by atoms with van der Waals surface area (Å²) in [4.78, 5) is 0. The average molecular weight is 419 g/mol. The van der Waals surface area contributed by atoms with Crippen molar-refractivity contribution in [2.75, 3.05) is 6.61 Å². The van der Waals surface area contributed by atoms with Crippen LogP contribution in [0.1, 0.15) is 6.42 Å². The van der Waals surface area contributed by atoms with Crippen LogP contribution < -0.4 is 4.74 Å². The van der Waals surface area contributed by atoms with E-state index in [0.29, 0.717) is 4.47 Å². The van der Waals surface area contributed by atoms with Crippen LogP contribution in [0, 0.1) is 0 Å². The Morgan fingerprint density at radius 1 is 0.870 bits per heavy atom. The minimum Gasteiger partial charge on any atom is -0.493 e. The highest BCUT2D eigenvalue weighted by molar-refractivity contribution is 9.10. The van der Waals surface area contributed by atoms with E-state index in [1.54, 1.807) is 0 Å². The van der Waals surface area contributed by atoms with E-state index in [1.807, 2.05) is 0 Å². The molecule has 0 amide bonds. The highest BCUT2D eigenvalue weighted by Gasteiger charge is 2.81. The summed E-state index contributed by atoms with van der Waals surface area (Å²) < 4.78 is 118. The van der Waals surface area contributed by atoms with E-state index in [2.05, 4.69) is 20.7 Å². The maximum absolute atomic E-state index is 13.2. The lowest BCUT2D eigenvalue weighted by molar-refractivity contribution is -0.397. The van der Waals surface area contributed by atoms with Crippen LogP contribution in [0.15, 0.2) is 28.7 Å². The van der Waals surface area contributed by atoms with Gasteiger partial charge in [-0.3, -0.25) is 0 Å². The summed E-state index contributed by atoms with van der Waals surface area (Å²) in [5.74, 6) is -19.2. The Kier molecular flexibility index (Phi) is 5.55. The Morgan fingerprint density at radius 2 is 1.43 bits per heavy atom. The fourth-order valence-electron chi connectivity index (χ4n) is 1.42. The topological polar surface area (TPSA) is 9.23 Å². The average Bonchev–Trinajstić information content (AvgIpc) is 2.36. The first-order chi connectivity index (χ1) is 10.2. The van der Waals surface area contributed by atoms with Crippen molar-refractivity contribution in [2.24, 2.45) is 0 Å². The van der Waals surface area contributed by atoms with Gasteiger partial charge in [-0.15, -0.1) is 0 Å². The van der Waals surface area contributed by atoms with E-state index in [0.717, 1.165) is 0 Å². The molecule has 23 heavy (non-hydrogen) atoms. The molecule has 11 heteroatoms. The van der Waals surface area contributed by atoms with Gasteiger partial charge in [0.15, 0.2) is 0 Å². The van der Waals surface area contributed by atoms with Crippen LogP contribution >= 0.6 is 15.9 Å². The normalized spacial score (nSPS) is 14.0. The third-order valence-electron chi connectivity index (χ3n) is 2.69. The minimum absolute atomic E-state index is 0.0546. The number of alkyl halides is 9. The molecule has 132 valence electrons. The lowest BCUT2D eigenvalue weighted by Crippen LogP contribution is -2.61. The van der Waals surface area contributed by atoms with E-state index >= 15 is 0 Å². The van der Waals surface area contributed by atoms with Crippen LogP contribution in [0.25, 0.3) is 0 Å². The highest BCUT2D eigenvalue weighted by Crippen LogP contribution is 2.53. The predicted molar refractivity (Wildman–Crippen MR) is 65.2 cm³/mol. The largest absolute Gasteiger partial charge is 0.493 e. The second-order valence-corrected chi connectivity index (χ2v) is 5.32. The third-order valence-corrected chi connectivity index (χ3v) is 3.18. The molecule has 0 spiro atoms. The summed E-state index contributed by atoms with van der Waals surface area (Å²) in [5.41, 5.74) is 0. The lowest BCUT2D eigenvalue weighted by Gasteiger charge is -2.33. The predicted octanol–water partition coefficient (Wildman–Crippen LogP) is 5.69. The van der Waals surface area contributed by atoms with Gasteiger partial charge in [0.25, 0.3) is 0 Å². The number of halogens is 10. The van der Waals surface area contributed by atoms with Crippen molar-refractivity contribution < 1.29 is 44.3 Å². The van der Waals surface area contributed by atoms with Crippen molar-refractivity contribution in [1.82, 2.24) is 0 Å². The molecule has 0 fully saturated rings. The fourth-order valence-corrected chi connectivity index (χ4v) is 1.80. The summed E-state index contributed by atoms with van der Waals surface area (Å²) in [7, 11) is 0. The lowest BCUT2D eigenvalue weighted by atomic mass is 10.0. The number of ether oxygens (including phenoxy) is 1. The maximum atomic E-state index is 13.2. The Morgan fingerprint density at radius 3 is 1.91 bits per heavy atom. The van der Waals surface area contributed by atoms with Gasteiger partial charge in [0.05, 0.1) is 13.0 Å². The Bertz CT molecular complexity index is 542. The van der Waals surface area contributed by atoms with Gasteiger partial charge in [0.2, 0.25) is 0 Å². The van der Waals surface area contributed by atoms with Crippen molar-refractivity contribution in [1.29, 1.82) is 0 Å². The van der Waals surface area contributed by atoms with Crippen LogP contribution in [0.2, 0.25) is 0 Å². The maximum Gasteiger partial charge on any atom is 0.460 e. The summed E-state index contributed by atoms with van der Waals surface area (Å²) in [6.45, 7) is -1.19. The van der Waals surface area contributed by atoms with E-state index in [9.17, 15) is 39.5 Å². The van der Waals surface area contributed by atoms with Crippen molar-refractivity contribution in [3.8, 4) is 5.75 Å². The molecule has 0 saturated carbocycles. The molecule has 1 aromatic rings. The molecular weight excluding hydrogens is 411 g/mol. The van der Waals surface area contributed by atoms with Crippen LogP contribution in [-0.2, 0) is 0 Å². The molecule has 0 radical (unpaired) electrons. The molecule has 0 unspecified atom stereocenters. The van der Waals surface area contributed by atoms with Crippen molar-refractivity contribution >= 4 is 15.9 Å². The molecule has 0 atom stereocenters. The molecule has 0 aliphatic rings. The quantitative estimate of drug-likeness (QED) is 0.539. The highest BCUT2D eigenvalue weighted by atomic mass is 79.9. The number of benzene rings is 1. The summed E-state index contributed by atoms with van der Waals surface area (Å²) in [6.07, 6.45) is -8.84. The second kappa shape index (κ2) is 6.40. The van der Waals surface area contributed by atoms with Crippen LogP contribution in [0.4, 0.5) is 39.5 Å². The Hall–Kier alpha value is -1.13. The molecule has 0 aromatic heterocycles. The molecule has 1 aromatic carbocycles. The van der Waals surface area contributed by atoms with Gasteiger partial charge in [-0.05, 0) is 18.2 Å². The van der Waals surface area contributed by atoms with Crippen LogP contribution in [-0.4, -0.2) is 30.6 Å². The second-order valence-electron chi connectivity index (χ2n) is 4.41. The van der Waals surface area contributed by atoms with E-state index < -0.39 is 37.0 Å². The van der Waals surface area contributed by atoms with Gasteiger partial charge in [-0.2, -0.15) is 39.5 Å². The molecule has 0 aliphatic carbocycles. The van der Waals surface area contributed by atoms with Crippen molar-refractivity contribution in [3.63, 3.8) is 0 Å². The monoisotopic (exact) mass is 418 g/mol. The first-order valence-corrected chi connectivity index (χ1v) is 6.60. The standard InChI is InChI=1S/C12H8BrF9O/c13-7-2-1-3-8(6-7)23-5-4-9(14,15)10(16,17)11(18,19)12(20,21)22/h1-3,6H,4-5H2. The molecular formula is C12H8BrF9O. The number of hydrogen-bond acceptors (Lipinski definition) is 1. The molecule has 0 saturated heterocycles. The van der Waals surface area contributed by atoms with Crippen molar-refractivity contribution in [3.05, 3.63) is 28.7 Å². The van der Waals surface area contributed by atoms with E-state index in [4.69, 9.17) is 0 Å². The fraction of sp³-hybridized carbons (Fsp3) is 0.500. The number of rotatable bonds is 6. The van der Waals surface area contributed by atoms with E-state index in [1.165, 1.54) is 24.3 Å². The molecule has 0 aliphatic heterocycles. The van der Waals surface area contributed by atoms with Crippen molar-refractivity contribution in [2.45, 2.75) is 30.4 Å². The molecule has 1 rings (SSSR count). The van der Waals surface area contributed by atoms with Gasteiger partial charge < -0.3 is 4.74 Å². The molecule has 0 bridgehead atoms. The first-order valence-electron chi connectivity index (χ1n) is 5.81. The number of hydrogen-bond donors (Lipinski definition) is 0. The SMILES string of the molecule is FC(F)(F)C(F)(F)C(F)(F)C(F)(F)CCOc1cccc(Br)c1. The van der Waals surface area contributed by atoms with Gasteiger partial charge in [-0.25, -0.2) is 0 Å². The Labute approximate surface area is 132 Å². The van der Waals surface area contributed by atoms with E-state index in [-0.39, 0.29) is 5.75 Å². The van der Waals surface area contributed by atoms with Gasteiger partial charge in [0, 0.05) is 4.47 Å². The third kappa shape index (κ3) is 4.04. The molecule has 1 nitrogen and oxygen atoms in total. The van der Waals surface area contributed by atoms with Crippen LogP contribution in [0.3, 0.4) is 0 Å². The zero-order valence-corrected chi connectivity index (χ0v) is 12.5. The summed E-state index contributed by atoms with van der Waals surface area (Å²) in [6, 6.07) is 5.45. The molecule has 0 heterocycles.